The molecule has 194 valence electrons. The van der Waals surface area contributed by atoms with E-state index in [-0.39, 0.29) is 11.6 Å². The lowest BCUT2D eigenvalue weighted by atomic mass is 9.99. The fourth-order valence-electron chi connectivity index (χ4n) is 4.17. The highest BCUT2D eigenvalue weighted by Crippen LogP contribution is 2.14. The van der Waals surface area contributed by atoms with Crippen molar-refractivity contribution in [1.29, 1.82) is 0 Å². The van der Waals surface area contributed by atoms with Crippen molar-refractivity contribution in [2.24, 2.45) is 5.73 Å². The third-order valence-corrected chi connectivity index (χ3v) is 6.56. The summed E-state index contributed by atoms with van der Waals surface area (Å²) in [5.41, 5.74) is 5.99. The van der Waals surface area contributed by atoms with Gasteiger partial charge in [0.05, 0.1) is 12.7 Å². The van der Waals surface area contributed by atoms with Gasteiger partial charge in [0.1, 0.15) is 0 Å². The molecule has 2 N–H and O–H groups in total. The summed E-state index contributed by atoms with van der Waals surface area (Å²) in [6, 6.07) is 0. The zero-order valence-electron chi connectivity index (χ0n) is 22.7. The van der Waals surface area contributed by atoms with Gasteiger partial charge >= 0.3 is 0 Å². The van der Waals surface area contributed by atoms with Gasteiger partial charge in [0.25, 0.3) is 0 Å². The topological polar surface area (TPSA) is 44.5 Å². The van der Waals surface area contributed by atoms with Gasteiger partial charge in [-0.15, -0.1) is 0 Å². The second-order valence-corrected chi connectivity index (χ2v) is 10.6. The highest BCUT2D eigenvalue weighted by atomic mass is 16.5. The molecule has 0 aliphatic rings. The van der Waals surface area contributed by atoms with Gasteiger partial charge in [-0.2, -0.15) is 0 Å². The zero-order chi connectivity index (χ0) is 23.8. The maximum absolute atomic E-state index is 6.34. The Bertz CT molecular complexity index is 354. The Morgan fingerprint density at radius 2 is 0.875 bits per heavy atom. The lowest BCUT2D eigenvalue weighted by Crippen LogP contribution is -2.49. The van der Waals surface area contributed by atoms with Gasteiger partial charge in [-0.25, -0.2) is 0 Å². The summed E-state index contributed by atoms with van der Waals surface area (Å²) in [4.78, 5) is 0. The van der Waals surface area contributed by atoms with Crippen LogP contribution in [0.2, 0.25) is 0 Å². The van der Waals surface area contributed by atoms with Crippen molar-refractivity contribution in [2.75, 3.05) is 19.8 Å². The average Bonchev–Trinajstić information content (AvgIpc) is 2.75. The van der Waals surface area contributed by atoms with Crippen LogP contribution in [0.3, 0.4) is 0 Å². The van der Waals surface area contributed by atoms with Crippen molar-refractivity contribution >= 4 is 0 Å². The molecular weight excluding hydrogens is 394 g/mol. The maximum atomic E-state index is 6.34. The largest absolute Gasteiger partial charge is 0.379 e. The molecule has 32 heavy (non-hydrogen) atoms. The van der Waals surface area contributed by atoms with Gasteiger partial charge in [-0.05, 0) is 26.7 Å². The molecule has 0 amide bonds. The maximum Gasteiger partial charge on any atom is 0.0981 e. The zero-order valence-corrected chi connectivity index (χ0v) is 22.7. The number of rotatable bonds is 26. The molecule has 0 spiro atoms. The molecule has 0 heterocycles. The number of ether oxygens (including phenoxy) is 2. The summed E-state index contributed by atoms with van der Waals surface area (Å²) < 4.78 is 12.1. The molecule has 0 saturated carbocycles. The Morgan fingerprint density at radius 3 is 1.25 bits per heavy atom. The van der Waals surface area contributed by atoms with Gasteiger partial charge in [0.2, 0.25) is 0 Å². The van der Waals surface area contributed by atoms with Gasteiger partial charge in [-0.3, -0.25) is 0 Å². The van der Waals surface area contributed by atoms with E-state index in [0.717, 1.165) is 26.1 Å². The standard InChI is InChI=1S/C29H61NO2/c1-5-7-9-11-13-15-17-19-21-23-25-31-27-28(29(3,4)30)32-26-24-22-20-18-16-14-12-10-8-6-2/h28H,5-27,30H2,1-4H3. The van der Waals surface area contributed by atoms with Crippen LogP contribution in [0, 0.1) is 0 Å². The molecule has 3 nitrogen and oxygen atoms in total. The van der Waals surface area contributed by atoms with Crippen LogP contribution in [0.15, 0.2) is 0 Å². The first-order chi connectivity index (χ1) is 15.5. The number of hydrogen-bond acceptors (Lipinski definition) is 3. The minimum absolute atomic E-state index is 0.0100. The normalized spacial score (nSPS) is 13.0. The molecule has 0 rings (SSSR count). The van der Waals surface area contributed by atoms with Crippen molar-refractivity contribution in [3.8, 4) is 0 Å². The van der Waals surface area contributed by atoms with Crippen LogP contribution in [0.1, 0.15) is 156 Å². The van der Waals surface area contributed by atoms with Crippen molar-refractivity contribution in [1.82, 2.24) is 0 Å². The molecule has 0 aromatic carbocycles. The SMILES string of the molecule is CCCCCCCCCCCCOCC(OCCCCCCCCCCCC)C(C)(C)N. The summed E-state index contributed by atoms with van der Waals surface area (Å²) >= 11 is 0. The minimum atomic E-state index is -0.351. The Kier molecular flexibility index (Phi) is 23.9. The van der Waals surface area contributed by atoms with Crippen LogP contribution < -0.4 is 5.73 Å². The van der Waals surface area contributed by atoms with Crippen molar-refractivity contribution < 1.29 is 9.47 Å². The smallest absolute Gasteiger partial charge is 0.0981 e. The van der Waals surface area contributed by atoms with Crippen LogP contribution in [-0.2, 0) is 9.47 Å². The molecule has 3 heteroatoms. The molecule has 1 atom stereocenters. The summed E-state index contributed by atoms with van der Waals surface area (Å²) in [5, 5.41) is 0. The molecular formula is C29H61NO2. The van der Waals surface area contributed by atoms with E-state index in [1.807, 2.05) is 0 Å². The molecule has 0 bridgehead atoms. The predicted molar refractivity (Wildman–Crippen MR) is 143 cm³/mol. The van der Waals surface area contributed by atoms with Crippen molar-refractivity contribution in [2.45, 2.75) is 168 Å². The number of nitrogens with two attached hydrogens (primary N) is 1. The summed E-state index contributed by atoms with van der Waals surface area (Å²) in [6.07, 6.45) is 27.1. The van der Waals surface area contributed by atoms with E-state index in [0.29, 0.717) is 6.61 Å². The fraction of sp³-hybridized carbons (Fsp3) is 1.00. The number of unbranched alkanes of at least 4 members (excludes halogenated alkanes) is 18. The second kappa shape index (κ2) is 24.0. The molecule has 1 unspecified atom stereocenters. The molecule has 0 saturated heterocycles. The third kappa shape index (κ3) is 23.1. The third-order valence-electron chi connectivity index (χ3n) is 6.56. The summed E-state index contributed by atoms with van der Waals surface area (Å²) in [6.45, 7) is 10.9. The predicted octanol–water partition coefficient (Wildman–Crippen LogP) is 8.97. The Labute approximate surface area is 203 Å². The fourth-order valence-corrected chi connectivity index (χ4v) is 4.17. The number of hydrogen-bond donors (Lipinski definition) is 1. The van der Waals surface area contributed by atoms with E-state index in [1.54, 1.807) is 0 Å². The van der Waals surface area contributed by atoms with E-state index in [1.165, 1.54) is 116 Å². The van der Waals surface area contributed by atoms with Crippen LogP contribution in [0.5, 0.6) is 0 Å². The first kappa shape index (κ1) is 31.9. The molecule has 0 radical (unpaired) electrons. The average molecular weight is 456 g/mol. The second-order valence-electron chi connectivity index (χ2n) is 10.6. The van der Waals surface area contributed by atoms with Crippen LogP contribution in [0.4, 0.5) is 0 Å². The van der Waals surface area contributed by atoms with E-state index in [4.69, 9.17) is 15.2 Å². The Balaban J connectivity index is 3.57. The Hall–Kier alpha value is -0.120. The summed E-state index contributed by atoms with van der Waals surface area (Å²) in [7, 11) is 0. The van der Waals surface area contributed by atoms with Crippen LogP contribution in [-0.4, -0.2) is 31.5 Å². The quantitative estimate of drug-likeness (QED) is 0.132. The van der Waals surface area contributed by atoms with E-state index in [9.17, 15) is 0 Å². The van der Waals surface area contributed by atoms with Crippen molar-refractivity contribution in [3.05, 3.63) is 0 Å². The van der Waals surface area contributed by atoms with Crippen LogP contribution >= 0.6 is 0 Å². The molecule has 0 fully saturated rings. The van der Waals surface area contributed by atoms with Gasteiger partial charge in [0, 0.05) is 18.8 Å². The van der Waals surface area contributed by atoms with Crippen LogP contribution in [0.25, 0.3) is 0 Å². The highest BCUT2D eigenvalue weighted by molar-refractivity contribution is 4.83. The van der Waals surface area contributed by atoms with E-state index < -0.39 is 0 Å². The summed E-state index contributed by atoms with van der Waals surface area (Å²) in [5.74, 6) is 0. The molecule has 0 aliphatic heterocycles. The lowest BCUT2D eigenvalue weighted by molar-refractivity contribution is -0.0494. The van der Waals surface area contributed by atoms with Gasteiger partial charge in [0.15, 0.2) is 0 Å². The van der Waals surface area contributed by atoms with Gasteiger partial charge in [-0.1, -0.05) is 129 Å². The van der Waals surface area contributed by atoms with Crippen molar-refractivity contribution in [3.63, 3.8) is 0 Å². The monoisotopic (exact) mass is 455 g/mol. The first-order valence-corrected chi connectivity index (χ1v) is 14.5. The van der Waals surface area contributed by atoms with E-state index >= 15 is 0 Å². The molecule has 0 aromatic heterocycles. The van der Waals surface area contributed by atoms with E-state index in [2.05, 4.69) is 27.7 Å². The minimum Gasteiger partial charge on any atom is -0.379 e. The first-order valence-electron chi connectivity index (χ1n) is 14.5. The Morgan fingerprint density at radius 1 is 0.531 bits per heavy atom. The lowest BCUT2D eigenvalue weighted by Gasteiger charge is -2.30. The molecule has 0 aliphatic carbocycles. The molecule has 0 aromatic rings. The highest BCUT2D eigenvalue weighted by Gasteiger charge is 2.26. The van der Waals surface area contributed by atoms with Gasteiger partial charge < -0.3 is 15.2 Å².